The van der Waals surface area contributed by atoms with Crippen LogP contribution in [-0.2, 0) is 6.54 Å². The van der Waals surface area contributed by atoms with Gasteiger partial charge in [0.15, 0.2) is 0 Å². The van der Waals surface area contributed by atoms with E-state index in [1.54, 1.807) is 6.07 Å². The van der Waals surface area contributed by atoms with Crippen LogP contribution < -0.4 is 5.32 Å². The molecule has 2 aromatic rings. The summed E-state index contributed by atoms with van der Waals surface area (Å²) in [6.07, 6.45) is 2.60. The summed E-state index contributed by atoms with van der Waals surface area (Å²) in [5, 5.41) is 3.48. The second-order valence-electron chi connectivity index (χ2n) is 5.34. The molecule has 1 fully saturated rings. The van der Waals surface area contributed by atoms with Crippen molar-refractivity contribution in [2.45, 2.75) is 32.4 Å². The highest BCUT2D eigenvalue weighted by Crippen LogP contribution is 2.25. The van der Waals surface area contributed by atoms with Gasteiger partial charge in [0, 0.05) is 18.2 Å². The van der Waals surface area contributed by atoms with E-state index in [0.29, 0.717) is 11.6 Å². The lowest BCUT2D eigenvalue weighted by atomic mass is 10.0. The maximum Gasteiger partial charge on any atom is 0.131 e. The Labute approximate surface area is 113 Å². The van der Waals surface area contributed by atoms with Crippen LogP contribution in [0.15, 0.2) is 42.5 Å². The smallest absolute Gasteiger partial charge is 0.131 e. The fourth-order valence-corrected chi connectivity index (χ4v) is 2.21. The first kappa shape index (κ1) is 12.4. The third kappa shape index (κ3) is 3.02. The van der Waals surface area contributed by atoms with Gasteiger partial charge in [0.1, 0.15) is 5.82 Å². The Kier molecular flexibility index (Phi) is 3.34. The highest BCUT2D eigenvalue weighted by Gasteiger charge is 2.19. The van der Waals surface area contributed by atoms with Gasteiger partial charge in [0.05, 0.1) is 0 Å². The molecular weight excluding hydrogens is 237 g/mol. The lowest BCUT2D eigenvalue weighted by Gasteiger charge is -2.07. The Balaban J connectivity index is 1.78. The summed E-state index contributed by atoms with van der Waals surface area (Å²) in [6, 6.07) is 14.1. The van der Waals surface area contributed by atoms with Gasteiger partial charge in [-0.25, -0.2) is 4.39 Å². The van der Waals surface area contributed by atoms with Crippen LogP contribution in [0.5, 0.6) is 0 Å². The summed E-state index contributed by atoms with van der Waals surface area (Å²) in [7, 11) is 0. The topological polar surface area (TPSA) is 12.0 Å². The van der Waals surface area contributed by atoms with E-state index in [-0.39, 0.29) is 5.82 Å². The SMILES string of the molecule is Cc1ccc(F)c(-c2ccc(CNC3CC3)cc2)c1. The summed E-state index contributed by atoms with van der Waals surface area (Å²) >= 11 is 0. The highest BCUT2D eigenvalue weighted by molar-refractivity contribution is 5.65. The first-order valence-electron chi connectivity index (χ1n) is 6.81. The minimum Gasteiger partial charge on any atom is -0.310 e. The third-order valence-corrected chi connectivity index (χ3v) is 3.56. The second kappa shape index (κ2) is 5.14. The van der Waals surface area contributed by atoms with E-state index in [2.05, 4.69) is 17.4 Å². The standard InChI is InChI=1S/C17H18FN/c1-12-2-9-17(18)16(10-12)14-5-3-13(4-6-14)11-19-15-7-8-15/h2-6,9-10,15,19H,7-8,11H2,1H3. The first-order valence-corrected chi connectivity index (χ1v) is 6.81. The quantitative estimate of drug-likeness (QED) is 0.869. The molecule has 0 aliphatic heterocycles. The van der Waals surface area contributed by atoms with Crippen molar-refractivity contribution in [2.75, 3.05) is 0 Å². The van der Waals surface area contributed by atoms with Crippen molar-refractivity contribution in [1.29, 1.82) is 0 Å². The van der Waals surface area contributed by atoms with Crippen molar-refractivity contribution >= 4 is 0 Å². The molecule has 1 aliphatic rings. The normalized spacial score (nSPS) is 14.6. The molecule has 98 valence electrons. The molecule has 1 aliphatic carbocycles. The van der Waals surface area contributed by atoms with Gasteiger partial charge < -0.3 is 5.32 Å². The summed E-state index contributed by atoms with van der Waals surface area (Å²) in [5.41, 5.74) is 3.96. The van der Waals surface area contributed by atoms with Crippen molar-refractivity contribution < 1.29 is 4.39 Å². The summed E-state index contributed by atoms with van der Waals surface area (Å²) in [4.78, 5) is 0. The second-order valence-corrected chi connectivity index (χ2v) is 5.34. The zero-order valence-electron chi connectivity index (χ0n) is 11.1. The number of benzene rings is 2. The lowest BCUT2D eigenvalue weighted by molar-refractivity contribution is 0.631. The van der Waals surface area contributed by atoms with Crippen LogP contribution in [0.3, 0.4) is 0 Å². The molecule has 0 spiro atoms. The predicted molar refractivity (Wildman–Crippen MR) is 76.4 cm³/mol. The predicted octanol–water partition coefficient (Wildman–Crippen LogP) is 4.05. The summed E-state index contributed by atoms with van der Waals surface area (Å²) < 4.78 is 13.8. The molecule has 1 nitrogen and oxygen atoms in total. The molecule has 0 heterocycles. The average Bonchev–Trinajstić information content (AvgIpc) is 3.24. The minimum atomic E-state index is -0.158. The third-order valence-electron chi connectivity index (χ3n) is 3.56. The molecule has 3 rings (SSSR count). The largest absolute Gasteiger partial charge is 0.310 e. The van der Waals surface area contributed by atoms with Crippen molar-refractivity contribution in [2.24, 2.45) is 0 Å². The van der Waals surface area contributed by atoms with Crippen LogP contribution in [0, 0.1) is 12.7 Å². The molecule has 19 heavy (non-hydrogen) atoms. The first-order chi connectivity index (χ1) is 9.22. The number of nitrogens with one attached hydrogen (secondary N) is 1. The van der Waals surface area contributed by atoms with Crippen molar-refractivity contribution in [3.05, 3.63) is 59.4 Å². The van der Waals surface area contributed by atoms with Gasteiger partial charge in [-0.15, -0.1) is 0 Å². The molecule has 1 N–H and O–H groups in total. The Morgan fingerprint density at radius 1 is 1.11 bits per heavy atom. The monoisotopic (exact) mass is 255 g/mol. The van der Waals surface area contributed by atoms with E-state index >= 15 is 0 Å². The van der Waals surface area contributed by atoms with Gasteiger partial charge in [0.25, 0.3) is 0 Å². The molecule has 2 aromatic carbocycles. The fraction of sp³-hybridized carbons (Fsp3) is 0.294. The molecule has 0 radical (unpaired) electrons. The van der Waals surface area contributed by atoms with Crippen molar-refractivity contribution in [3.8, 4) is 11.1 Å². The van der Waals surface area contributed by atoms with Crippen LogP contribution in [-0.4, -0.2) is 6.04 Å². The molecule has 1 saturated carbocycles. The molecule has 0 unspecified atom stereocenters. The van der Waals surface area contributed by atoms with E-state index < -0.39 is 0 Å². The van der Waals surface area contributed by atoms with Gasteiger partial charge >= 0.3 is 0 Å². The van der Waals surface area contributed by atoms with E-state index in [1.165, 1.54) is 24.5 Å². The van der Waals surface area contributed by atoms with E-state index in [9.17, 15) is 4.39 Å². The van der Waals surface area contributed by atoms with Crippen LogP contribution in [0.2, 0.25) is 0 Å². The van der Waals surface area contributed by atoms with E-state index in [4.69, 9.17) is 0 Å². The van der Waals surface area contributed by atoms with Crippen LogP contribution in [0.1, 0.15) is 24.0 Å². The Hall–Kier alpha value is -1.67. The van der Waals surface area contributed by atoms with Gasteiger partial charge in [-0.05, 0) is 43.0 Å². The molecule has 0 aromatic heterocycles. The zero-order chi connectivity index (χ0) is 13.2. The molecule has 0 atom stereocenters. The van der Waals surface area contributed by atoms with Crippen LogP contribution >= 0.6 is 0 Å². The molecule has 0 amide bonds. The van der Waals surface area contributed by atoms with E-state index in [1.807, 2.05) is 25.1 Å². The zero-order valence-corrected chi connectivity index (χ0v) is 11.1. The van der Waals surface area contributed by atoms with Gasteiger partial charge in [-0.3, -0.25) is 0 Å². The number of halogens is 1. The maximum atomic E-state index is 13.8. The Morgan fingerprint density at radius 2 is 1.84 bits per heavy atom. The van der Waals surface area contributed by atoms with Gasteiger partial charge in [0.2, 0.25) is 0 Å². The lowest BCUT2D eigenvalue weighted by Crippen LogP contribution is -2.15. The van der Waals surface area contributed by atoms with E-state index in [0.717, 1.165) is 17.7 Å². The van der Waals surface area contributed by atoms with Crippen LogP contribution in [0.4, 0.5) is 4.39 Å². The van der Waals surface area contributed by atoms with Gasteiger partial charge in [-0.2, -0.15) is 0 Å². The maximum absolute atomic E-state index is 13.8. The number of hydrogen-bond donors (Lipinski definition) is 1. The molecule has 0 saturated heterocycles. The Bertz CT molecular complexity index is 570. The average molecular weight is 255 g/mol. The number of hydrogen-bond acceptors (Lipinski definition) is 1. The minimum absolute atomic E-state index is 0.158. The van der Waals surface area contributed by atoms with Crippen molar-refractivity contribution in [3.63, 3.8) is 0 Å². The molecular formula is C17H18FN. The highest BCUT2D eigenvalue weighted by atomic mass is 19.1. The summed E-state index contributed by atoms with van der Waals surface area (Å²) in [6.45, 7) is 2.89. The molecule has 0 bridgehead atoms. The Morgan fingerprint density at radius 3 is 2.53 bits per heavy atom. The van der Waals surface area contributed by atoms with Gasteiger partial charge in [-0.1, -0.05) is 35.9 Å². The summed E-state index contributed by atoms with van der Waals surface area (Å²) in [5.74, 6) is -0.158. The molecule has 2 heteroatoms. The fourth-order valence-electron chi connectivity index (χ4n) is 2.21. The number of rotatable bonds is 4. The van der Waals surface area contributed by atoms with Crippen molar-refractivity contribution in [1.82, 2.24) is 5.32 Å². The number of aryl methyl sites for hydroxylation is 1. The van der Waals surface area contributed by atoms with Crippen LogP contribution in [0.25, 0.3) is 11.1 Å².